The third kappa shape index (κ3) is 4.46. The van der Waals surface area contributed by atoms with Crippen LogP contribution in [0.2, 0.25) is 0 Å². The Kier molecular flexibility index (Phi) is 6.00. The predicted octanol–water partition coefficient (Wildman–Crippen LogP) is 4.34. The summed E-state index contributed by atoms with van der Waals surface area (Å²) in [5.41, 5.74) is 3.36. The summed E-state index contributed by atoms with van der Waals surface area (Å²) < 4.78 is 0. The number of ketones is 2. The van der Waals surface area contributed by atoms with E-state index in [1.807, 2.05) is 37.4 Å². The first-order chi connectivity index (χ1) is 14.5. The van der Waals surface area contributed by atoms with Crippen molar-refractivity contribution in [2.75, 3.05) is 20.1 Å². The van der Waals surface area contributed by atoms with Gasteiger partial charge in [0.1, 0.15) is 5.78 Å². The van der Waals surface area contributed by atoms with Crippen LogP contribution >= 0.6 is 0 Å². The van der Waals surface area contributed by atoms with Crippen LogP contribution in [0, 0.1) is 5.92 Å². The van der Waals surface area contributed by atoms with Crippen molar-refractivity contribution >= 4 is 22.3 Å². The Labute approximate surface area is 177 Å². The minimum absolute atomic E-state index is 0.0871. The van der Waals surface area contributed by atoms with Gasteiger partial charge in [-0.05, 0) is 62.1 Å². The van der Waals surface area contributed by atoms with Gasteiger partial charge in [-0.3, -0.25) is 19.6 Å². The molecular weight excluding hydrogens is 374 g/mol. The van der Waals surface area contributed by atoms with Gasteiger partial charge in [0.05, 0.1) is 0 Å². The Morgan fingerprint density at radius 1 is 1.00 bits per heavy atom. The zero-order valence-electron chi connectivity index (χ0n) is 17.6. The Bertz CT molecular complexity index is 1080. The molecule has 5 nitrogen and oxygen atoms in total. The number of carbonyl (C=O) groups is 2. The van der Waals surface area contributed by atoms with Gasteiger partial charge in [0.25, 0.3) is 0 Å². The topological polar surface area (TPSA) is 63.2 Å². The number of benzene rings is 1. The molecule has 0 radical (unpaired) electrons. The van der Waals surface area contributed by atoms with E-state index in [1.165, 1.54) is 0 Å². The van der Waals surface area contributed by atoms with Crippen molar-refractivity contribution in [3.63, 3.8) is 0 Å². The largest absolute Gasteiger partial charge is 0.306 e. The maximum Gasteiger partial charge on any atom is 0.164 e. The second-order valence-electron chi connectivity index (χ2n) is 8.20. The van der Waals surface area contributed by atoms with Crippen LogP contribution < -0.4 is 0 Å². The molecule has 0 bridgehead atoms. The smallest absolute Gasteiger partial charge is 0.164 e. The standard InChI is InChI=1S/C25H27N3O2/c1-3-24(29)22-11-21(14-26-15-22)18-4-5-19-16-27-23(12-20(19)10-18)13-25(30)17-6-8-28(2)9-7-17/h4-5,10-12,14-17H,3,6-9,13H2,1-2H3. The Balaban J connectivity index is 1.57. The molecule has 3 aromatic rings. The number of fused-ring (bicyclic) bond motifs is 1. The van der Waals surface area contributed by atoms with Crippen molar-refractivity contribution in [2.24, 2.45) is 5.92 Å². The van der Waals surface area contributed by atoms with Crippen molar-refractivity contribution in [2.45, 2.75) is 32.6 Å². The van der Waals surface area contributed by atoms with Crippen LogP contribution in [0.3, 0.4) is 0 Å². The van der Waals surface area contributed by atoms with Crippen LogP contribution in [0.5, 0.6) is 0 Å². The van der Waals surface area contributed by atoms with E-state index in [9.17, 15) is 9.59 Å². The van der Waals surface area contributed by atoms with Gasteiger partial charge < -0.3 is 4.90 Å². The van der Waals surface area contributed by atoms with Crippen molar-refractivity contribution in [3.8, 4) is 11.1 Å². The number of nitrogens with zero attached hydrogens (tertiary/aromatic N) is 3. The fraction of sp³-hybridized carbons (Fsp3) is 0.360. The van der Waals surface area contributed by atoms with Crippen molar-refractivity contribution < 1.29 is 9.59 Å². The lowest BCUT2D eigenvalue weighted by molar-refractivity contribution is -0.123. The molecule has 5 heteroatoms. The average molecular weight is 402 g/mol. The van der Waals surface area contributed by atoms with E-state index in [0.717, 1.165) is 53.5 Å². The fourth-order valence-electron chi connectivity index (χ4n) is 4.07. The summed E-state index contributed by atoms with van der Waals surface area (Å²) >= 11 is 0. The number of Topliss-reactive ketones (excluding diaryl/α,β-unsaturated/α-hetero) is 2. The molecule has 0 N–H and O–H groups in total. The van der Waals surface area contributed by atoms with E-state index in [4.69, 9.17) is 0 Å². The predicted molar refractivity (Wildman–Crippen MR) is 119 cm³/mol. The fourth-order valence-corrected chi connectivity index (χ4v) is 4.07. The third-order valence-corrected chi connectivity index (χ3v) is 6.02. The van der Waals surface area contributed by atoms with Crippen LogP contribution in [0.4, 0.5) is 0 Å². The number of hydrogen-bond donors (Lipinski definition) is 0. The summed E-state index contributed by atoms with van der Waals surface area (Å²) in [6.45, 7) is 3.82. The monoisotopic (exact) mass is 401 g/mol. The maximum atomic E-state index is 12.7. The first-order valence-corrected chi connectivity index (χ1v) is 10.6. The number of hydrogen-bond acceptors (Lipinski definition) is 5. The summed E-state index contributed by atoms with van der Waals surface area (Å²) in [4.78, 5) is 35.8. The molecule has 1 saturated heterocycles. The highest BCUT2D eigenvalue weighted by atomic mass is 16.1. The zero-order valence-corrected chi connectivity index (χ0v) is 17.6. The zero-order chi connectivity index (χ0) is 21.1. The van der Waals surface area contributed by atoms with E-state index < -0.39 is 0 Å². The SMILES string of the molecule is CCC(=O)c1cncc(-c2ccc3cnc(CC(=O)C4CCN(C)CC4)cc3c2)c1. The average Bonchev–Trinajstić information content (AvgIpc) is 2.78. The lowest BCUT2D eigenvalue weighted by atomic mass is 9.90. The van der Waals surface area contributed by atoms with Gasteiger partial charge in [0.15, 0.2) is 5.78 Å². The van der Waals surface area contributed by atoms with Gasteiger partial charge in [0.2, 0.25) is 0 Å². The normalized spacial score (nSPS) is 15.4. The van der Waals surface area contributed by atoms with Crippen LogP contribution in [0.15, 0.2) is 48.9 Å². The minimum atomic E-state index is 0.0871. The molecule has 0 amide bonds. The lowest BCUT2D eigenvalue weighted by Gasteiger charge is -2.27. The van der Waals surface area contributed by atoms with Gasteiger partial charge in [0, 0.05) is 59.6 Å². The van der Waals surface area contributed by atoms with E-state index in [-0.39, 0.29) is 11.7 Å². The quantitative estimate of drug-likeness (QED) is 0.575. The van der Waals surface area contributed by atoms with Crippen LogP contribution in [0.25, 0.3) is 21.9 Å². The maximum absolute atomic E-state index is 12.7. The number of rotatable bonds is 6. The van der Waals surface area contributed by atoms with Crippen LogP contribution in [0.1, 0.15) is 42.2 Å². The van der Waals surface area contributed by atoms with Gasteiger partial charge in [-0.1, -0.05) is 19.1 Å². The van der Waals surface area contributed by atoms with Crippen LogP contribution in [-0.2, 0) is 11.2 Å². The number of piperidine rings is 1. The van der Waals surface area contributed by atoms with E-state index in [1.54, 1.807) is 12.4 Å². The van der Waals surface area contributed by atoms with E-state index >= 15 is 0 Å². The summed E-state index contributed by atoms with van der Waals surface area (Å²) in [6, 6.07) is 10.0. The molecule has 0 saturated carbocycles. The second kappa shape index (κ2) is 8.84. The third-order valence-electron chi connectivity index (χ3n) is 6.02. The number of pyridine rings is 2. The molecule has 0 aliphatic carbocycles. The van der Waals surface area contributed by atoms with Crippen molar-refractivity contribution in [1.29, 1.82) is 0 Å². The highest BCUT2D eigenvalue weighted by Crippen LogP contribution is 2.26. The lowest BCUT2D eigenvalue weighted by Crippen LogP contribution is -2.34. The van der Waals surface area contributed by atoms with Gasteiger partial charge in [-0.2, -0.15) is 0 Å². The first kappa shape index (κ1) is 20.4. The van der Waals surface area contributed by atoms with Gasteiger partial charge in [-0.25, -0.2) is 0 Å². The summed E-state index contributed by atoms with van der Waals surface area (Å²) in [5, 5.41) is 2.07. The Hall–Kier alpha value is -2.92. The Morgan fingerprint density at radius 3 is 2.57 bits per heavy atom. The Morgan fingerprint density at radius 2 is 1.80 bits per heavy atom. The molecule has 1 fully saturated rings. The molecule has 1 aromatic carbocycles. The number of aromatic nitrogens is 2. The van der Waals surface area contributed by atoms with Gasteiger partial charge >= 0.3 is 0 Å². The molecule has 1 aliphatic heterocycles. The molecule has 0 unspecified atom stereocenters. The first-order valence-electron chi connectivity index (χ1n) is 10.6. The van der Waals surface area contributed by atoms with Crippen molar-refractivity contribution in [3.05, 3.63) is 60.2 Å². The molecule has 0 atom stereocenters. The summed E-state index contributed by atoms with van der Waals surface area (Å²) in [5.74, 6) is 0.528. The number of carbonyl (C=O) groups excluding carboxylic acids is 2. The summed E-state index contributed by atoms with van der Waals surface area (Å²) in [6.07, 6.45) is 7.96. The minimum Gasteiger partial charge on any atom is -0.306 e. The second-order valence-corrected chi connectivity index (χ2v) is 8.20. The molecular formula is C25H27N3O2. The highest BCUT2D eigenvalue weighted by Gasteiger charge is 2.23. The molecule has 154 valence electrons. The molecule has 3 heterocycles. The molecule has 2 aromatic heterocycles. The summed E-state index contributed by atoms with van der Waals surface area (Å²) in [7, 11) is 2.10. The number of likely N-dealkylation sites (tertiary alicyclic amines) is 1. The molecule has 30 heavy (non-hydrogen) atoms. The van der Waals surface area contributed by atoms with Crippen LogP contribution in [-0.4, -0.2) is 46.6 Å². The molecule has 4 rings (SSSR count). The molecule has 0 spiro atoms. The highest BCUT2D eigenvalue weighted by molar-refractivity contribution is 5.97. The molecule has 1 aliphatic rings. The van der Waals surface area contributed by atoms with Gasteiger partial charge in [-0.15, -0.1) is 0 Å². The van der Waals surface area contributed by atoms with Crippen molar-refractivity contribution in [1.82, 2.24) is 14.9 Å². The van der Waals surface area contributed by atoms with E-state index in [0.29, 0.717) is 24.2 Å². The van der Waals surface area contributed by atoms with E-state index in [2.05, 4.69) is 28.0 Å².